The average Bonchev–Trinajstić information content (AvgIpc) is 2.32. The molecule has 0 aliphatic carbocycles. The van der Waals surface area contributed by atoms with E-state index in [1.807, 2.05) is 0 Å². The van der Waals surface area contributed by atoms with E-state index in [0.29, 0.717) is 0 Å². The van der Waals surface area contributed by atoms with E-state index in [1.54, 1.807) is 0 Å². The Kier molecular flexibility index (Phi) is 4.30. The van der Waals surface area contributed by atoms with Gasteiger partial charge in [0.2, 0.25) is 0 Å². The van der Waals surface area contributed by atoms with E-state index in [2.05, 4.69) is 48.8 Å². The van der Waals surface area contributed by atoms with Crippen LogP contribution in [-0.4, -0.2) is 30.8 Å². The summed E-state index contributed by atoms with van der Waals surface area (Å²) in [5.74, 6) is 1.72. The van der Waals surface area contributed by atoms with Gasteiger partial charge in [0.25, 0.3) is 0 Å². The van der Waals surface area contributed by atoms with Crippen molar-refractivity contribution in [1.82, 2.24) is 4.90 Å². The second-order valence-electron chi connectivity index (χ2n) is 4.79. The van der Waals surface area contributed by atoms with Gasteiger partial charge in [0.15, 0.2) is 0 Å². The maximum atomic E-state index is 4.26. The summed E-state index contributed by atoms with van der Waals surface area (Å²) in [5.41, 5.74) is 2.93. The molecule has 0 bridgehead atoms. The lowest BCUT2D eigenvalue weighted by Crippen LogP contribution is -2.29. The lowest BCUT2D eigenvalue weighted by molar-refractivity contribution is 0.255. The van der Waals surface area contributed by atoms with Crippen molar-refractivity contribution >= 4 is 12.6 Å². The first kappa shape index (κ1) is 12.0. The molecule has 1 nitrogen and oxygen atoms in total. The summed E-state index contributed by atoms with van der Waals surface area (Å²) in [5, 5.41) is 0. The number of benzene rings is 1. The fourth-order valence-corrected chi connectivity index (χ4v) is 2.69. The highest BCUT2D eigenvalue weighted by atomic mass is 32.1. The Bertz CT molecular complexity index is 312. The summed E-state index contributed by atoms with van der Waals surface area (Å²) in [6, 6.07) is 9.16. The summed E-state index contributed by atoms with van der Waals surface area (Å²) < 4.78 is 0. The molecule has 0 unspecified atom stereocenters. The van der Waals surface area contributed by atoms with Crippen LogP contribution in [0.2, 0.25) is 0 Å². The van der Waals surface area contributed by atoms with E-state index in [4.69, 9.17) is 0 Å². The van der Waals surface area contributed by atoms with Gasteiger partial charge in [-0.25, -0.2) is 0 Å². The van der Waals surface area contributed by atoms with E-state index in [0.717, 1.165) is 18.1 Å². The predicted octanol–water partition coefficient (Wildman–Crippen LogP) is 2.97. The SMILES string of the molecule is CN1CCC(c2ccc(CCS)cc2)CC1. The minimum atomic E-state index is 0.779. The molecule has 2 heteroatoms. The van der Waals surface area contributed by atoms with Gasteiger partial charge in [-0.3, -0.25) is 0 Å². The molecule has 0 aromatic heterocycles. The molecule has 0 radical (unpaired) electrons. The molecule has 2 rings (SSSR count). The Labute approximate surface area is 104 Å². The molecule has 0 N–H and O–H groups in total. The van der Waals surface area contributed by atoms with Crippen LogP contribution in [0.4, 0.5) is 0 Å². The second-order valence-corrected chi connectivity index (χ2v) is 5.24. The smallest absolute Gasteiger partial charge is 0.00159 e. The average molecular weight is 235 g/mol. The van der Waals surface area contributed by atoms with E-state index in [1.165, 1.54) is 37.1 Å². The molecule has 88 valence electrons. The van der Waals surface area contributed by atoms with Crippen molar-refractivity contribution in [1.29, 1.82) is 0 Å². The maximum Gasteiger partial charge on any atom is -0.00159 e. The predicted molar refractivity (Wildman–Crippen MR) is 73.5 cm³/mol. The Morgan fingerprint density at radius 2 is 1.81 bits per heavy atom. The third-order valence-corrected chi connectivity index (χ3v) is 3.79. The zero-order valence-corrected chi connectivity index (χ0v) is 10.9. The van der Waals surface area contributed by atoms with Crippen molar-refractivity contribution in [2.75, 3.05) is 25.9 Å². The minimum absolute atomic E-state index is 0.779. The molecular formula is C14H21NS. The van der Waals surface area contributed by atoms with Crippen LogP contribution in [0, 0.1) is 0 Å². The Morgan fingerprint density at radius 1 is 1.19 bits per heavy atom. The third kappa shape index (κ3) is 3.02. The first-order valence-electron chi connectivity index (χ1n) is 6.18. The quantitative estimate of drug-likeness (QED) is 0.788. The maximum absolute atomic E-state index is 4.26. The van der Waals surface area contributed by atoms with Crippen LogP contribution < -0.4 is 0 Å². The van der Waals surface area contributed by atoms with Gasteiger partial charge >= 0.3 is 0 Å². The molecular weight excluding hydrogens is 214 g/mol. The number of thiol groups is 1. The van der Waals surface area contributed by atoms with Crippen LogP contribution in [-0.2, 0) is 6.42 Å². The fourth-order valence-electron chi connectivity index (χ4n) is 2.43. The lowest BCUT2D eigenvalue weighted by Gasteiger charge is -2.29. The summed E-state index contributed by atoms with van der Waals surface area (Å²) in [7, 11) is 2.21. The molecule has 1 aromatic carbocycles. The summed E-state index contributed by atoms with van der Waals surface area (Å²) >= 11 is 4.26. The molecule has 0 spiro atoms. The molecule has 16 heavy (non-hydrogen) atoms. The van der Waals surface area contributed by atoms with Gasteiger partial charge in [0.05, 0.1) is 0 Å². The topological polar surface area (TPSA) is 3.24 Å². The molecule has 1 aliphatic heterocycles. The van der Waals surface area contributed by atoms with E-state index in [9.17, 15) is 0 Å². The number of hydrogen-bond donors (Lipinski definition) is 1. The highest BCUT2D eigenvalue weighted by molar-refractivity contribution is 7.80. The van der Waals surface area contributed by atoms with E-state index < -0.39 is 0 Å². The monoisotopic (exact) mass is 235 g/mol. The third-order valence-electron chi connectivity index (χ3n) is 3.57. The first-order valence-corrected chi connectivity index (χ1v) is 6.81. The lowest BCUT2D eigenvalue weighted by atomic mass is 9.89. The Hall–Kier alpha value is -0.470. The first-order chi connectivity index (χ1) is 7.79. The number of rotatable bonds is 3. The van der Waals surface area contributed by atoms with E-state index >= 15 is 0 Å². The Balaban J connectivity index is 1.98. The number of hydrogen-bond acceptors (Lipinski definition) is 2. The number of aryl methyl sites for hydroxylation is 1. The molecule has 1 fully saturated rings. The van der Waals surface area contributed by atoms with Gasteiger partial charge in [-0.1, -0.05) is 24.3 Å². The highest BCUT2D eigenvalue weighted by Gasteiger charge is 2.17. The highest BCUT2D eigenvalue weighted by Crippen LogP contribution is 2.27. The zero-order valence-electron chi connectivity index (χ0n) is 10.0. The molecule has 0 amide bonds. The molecule has 1 aromatic rings. The van der Waals surface area contributed by atoms with Gasteiger partial charge in [-0.15, -0.1) is 0 Å². The Morgan fingerprint density at radius 3 is 2.38 bits per heavy atom. The van der Waals surface area contributed by atoms with Crippen LogP contribution in [0.3, 0.4) is 0 Å². The normalized spacial score (nSPS) is 18.9. The van der Waals surface area contributed by atoms with Crippen LogP contribution in [0.25, 0.3) is 0 Å². The van der Waals surface area contributed by atoms with Crippen molar-refractivity contribution in [3.05, 3.63) is 35.4 Å². The molecule has 0 saturated carbocycles. The summed E-state index contributed by atoms with van der Waals surface area (Å²) in [4.78, 5) is 2.42. The second kappa shape index (κ2) is 5.74. The van der Waals surface area contributed by atoms with Crippen LogP contribution >= 0.6 is 12.6 Å². The molecule has 0 atom stereocenters. The van der Waals surface area contributed by atoms with E-state index in [-0.39, 0.29) is 0 Å². The van der Waals surface area contributed by atoms with Crippen molar-refractivity contribution in [3.63, 3.8) is 0 Å². The molecule has 1 aliphatic rings. The summed E-state index contributed by atoms with van der Waals surface area (Å²) in [6.45, 7) is 2.48. The van der Waals surface area contributed by atoms with Gasteiger partial charge in [0.1, 0.15) is 0 Å². The van der Waals surface area contributed by atoms with Crippen LogP contribution in [0.1, 0.15) is 29.9 Å². The van der Waals surface area contributed by atoms with Crippen molar-refractivity contribution in [2.45, 2.75) is 25.2 Å². The van der Waals surface area contributed by atoms with Crippen molar-refractivity contribution in [2.24, 2.45) is 0 Å². The fraction of sp³-hybridized carbons (Fsp3) is 0.571. The van der Waals surface area contributed by atoms with Crippen molar-refractivity contribution in [3.8, 4) is 0 Å². The standard InChI is InChI=1S/C14H21NS/c1-15-9-6-14(7-10-15)13-4-2-12(3-5-13)8-11-16/h2-5,14,16H,6-11H2,1H3. The zero-order chi connectivity index (χ0) is 11.4. The van der Waals surface area contributed by atoms with Gasteiger partial charge < -0.3 is 4.90 Å². The van der Waals surface area contributed by atoms with Gasteiger partial charge in [-0.05, 0) is 62.2 Å². The largest absolute Gasteiger partial charge is 0.306 e. The molecule has 1 saturated heterocycles. The van der Waals surface area contributed by atoms with Crippen LogP contribution in [0.15, 0.2) is 24.3 Å². The molecule has 1 heterocycles. The summed E-state index contributed by atoms with van der Waals surface area (Å²) in [6.07, 6.45) is 3.70. The minimum Gasteiger partial charge on any atom is -0.306 e. The van der Waals surface area contributed by atoms with Gasteiger partial charge in [0, 0.05) is 0 Å². The number of piperidine rings is 1. The number of nitrogens with zero attached hydrogens (tertiary/aromatic N) is 1. The number of likely N-dealkylation sites (tertiary alicyclic amines) is 1. The van der Waals surface area contributed by atoms with Crippen molar-refractivity contribution < 1.29 is 0 Å². The van der Waals surface area contributed by atoms with Crippen LogP contribution in [0.5, 0.6) is 0 Å². The van der Waals surface area contributed by atoms with Gasteiger partial charge in [-0.2, -0.15) is 12.6 Å².